The van der Waals surface area contributed by atoms with Crippen molar-refractivity contribution in [2.45, 2.75) is 71.8 Å². The molecule has 0 aromatic rings. The van der Waals surface area contributed by atoms with Gasteiger partial charge in [0.2, 0.25) is 0 Å². The lowest BCUT2D eigenvalue weighted by atomic mass is 9.82. The Morgan fingerprint density at radius 2 is 1.53 bits per heavy atom. The molecular formula is C13H29NS. The maximum Gasteiger partial charge on any atom is 0.0308 e. The van der Waals surface area contributed by atoms with Crippen molar-refractivity contribution in [3.8, 4) is 0 Å². The first-order valence-electron chi connectivity index (χ1n) is 6.41. The summed E-state index contributed by atoms with van der Waals surface area (Å²) >= 11 is 4.58. The molecule has 0 bridgehead atoms. The lowest BCUT2D eigenvalue weighted by Gasteiger charge is -2.39. The fraction of sp³-hybridized carbons (Fsp3) is 1.00. The second-order valence-electron chi connectivity index (χ2n) is 5.18. The standard InChI is InChI=1S/C13H29NS/c1-6-9-13(10-7-2,14(5)15)11-8-12(3)4/h12,15H,6-11H2,1-5H3. The van der Waals surface area contributed by atoms with E-state index in [4.69, 9.17) is 0 Å². The van der Waals surface area contributed by atoms with Gasteiger partial charge in [-0.1, -0.05) is 53.4 Å². The summed E-state index contributed by atoms with van der Waals surface area (Å²) in [7, 11) is 2.12. The Labute approximate surface area is 102 Å². The van der Waals surface area contributed by atoms with Crippen LogP contribution in [0.3, 0.4) is 0 Å². The van der Waals surface area contributed by atoms with Gasteiger partial charge in [-0.15, -0.1) is 0 Å². The monoisotopic (exact) mass is 231 g/mol. The molecule has 92 valence electrons. The van der Waals surface area contributed by atoms with Gasteiger partial charge in [0.05, 0.1) is 0 Å². The first-order valence-corrected chi connectivity index (χ1v) is 6.81. The van der Waals surface area contributed by atoms with Crippen LogP contribution in [0.5, 0.6) is 0 Å². The Bertz CT molecular complexity index is 149. The Hall–Kier alpha value is 0.310. The molecule has 0 unspecified atom stereocenters. The average Bonchev–Trinajstić information content (AvgIpc) is 2.14. The second kappa shape index (κ2) is 7.56. The molecule has 0 rings (SSSR count). The molecule has 2 heteroatoms. The van der Waals surface area contributed by atoms with Crippen molar-refractivity contribution in [1.29, 1.82) is 0 Å². The molecule has 0 N–H and O–H groups in total. The molecule has 0 saturated carbocycles. The molecule has 0 heterocycles. The average molecular weight is 231 g/mol. The Morgan fingerprint density at radius 3 is 1.80 bits per heavy atom. The molecule has 1 nitrogen and oxygen atoms in total. The first kappa shape index (κ1) is 15.3. The van der Waals surface area contributed by atoms with E-state index in [1.807, 2.05) is 0 Å². The molecule has 0 aliphatic heterocycles. The van der Waals surface area contributed by atoms with Gasteiger partial charge in [-0.25, -0.2) is 0 Å². The summed E-state index contributed by atoms with van der Waals surface area (Å²) in [6.45, 7) is 9.16. The van der Waals surface area contributed by atoms with Crippen LogP contribution in [0.2, 0.25) is 0 Å². The summed E-state index contributed by atoms with van der Waals surface area (Å²) in [4.78, 5) is 0. The van der Waals surface area contributed by atoms with Crippen LogP contribution in [0.4, 0.5) is 0 Å². The summed E-state index contributed by atoms with van der Waals surface area (Å²) in [5, 5.41) is 0. The van der Waals surface area contributed by atoms with Gasteiger partial charge < -0.3 is 0 Å². The molecule has 0 aliphatic carbocycles. The van der Waals surface area contributed by atoms with E-state index in [1.165, 1.54) is 38.5 Å². The van der Waals surface area contributed by atoms with Gasteiger partial charge in [-0.2, -0.15) is 0 Å². The van der Waals surface area contributed by atoms with Crippen LogP contribution < -0.4 is 0 Å². The summed E-state index contributed by atoms with van der Waals surface area (Å²) in [5.74, 6) is 0.798. The molecule has 0 aliphatic rings. The van der Waals surface area contributed by atoms with E-state index in [-0.39, 0.29) is 0 Å². The fourth-order valence-corrected chi connectivity index (χ4v) is 2.65. The molecule has 0 aromatic carbocycles. The molecule has 15 heavy (non-hydrogen) atoms. The van der Waals surface area contributed by atoms with E-state index in [0.29, 0.717) is 5.54 Å². The zero-order chi connectivity index (χ0) is 11.9. The second-order valence-corrected chi connectivity index (χ2v) is 5.78. The normalized spacial score (nSPS) is 12.8. The third kappa shape index (κ3) is 5.26. The SMILES string of the molecule is CCCC(CCC)(CCC(C)C)N(C)S. The highest BCUT2D eigenvalue weighted by atomic mass is 32.1. The largest absolute Gasteiger partial charge is 0.250 e. The minimum absolute atomic E-state index is 0.330. The Balaban J connectivity index is 4.46. The molecule has 0 spiro atoms. The molecule has 0 fully saturated rings. The lowest BCUT2D eigenvalue weighted by molar-refractivity contribution is 0.171. The maximum absolute atomic E-state index is 4.58. The van der Waals surface area contributed by atoms with E-state index in [9.17, 15) is 0 Å². The zero-order valence-electron chi connectivity index (χ0n) is 11.2. The molecule has 0 atom stereocenters. The van der Waals surface area contributed by atoms with Gasteiger partial charge in [-0.05, 0) is 38.6 Å². The van der Waals surface area contributed by atoms with Crippen molar-refractivity contribution in [2.24, 2.45) is 5.92 Å². The minimum Gasteiger partial charge on any atom is -0.250 e. The van der Waals surface area contributed by atoms with Crippen LogP contribution in [-0.4, -0.2) is 16.9 Å². The molecule has 0 radical (unpaired) electrons. The van der Waals surface area contributed by atoms with Crippen LogP contribution in [-0.2, 0) is 0 Å². The fourth-order valence-electron chi connectivity index (χ4n) is 2.35. The maximum atomic E-state index is 4.58. The topological polar surface area (TPSA) is 3.24 Å². The minimum atomic E-state index is 0.330. The first-order chi connectivity index (χ1) is 6.98. The van der Waals surface area contributed by atoms with Crippen LogP contribution >= 0.6 is 12.8 Å². The van der Waals surface area contributed by atoms with Gasteiger partial charge in [-0.3, -0.25) is 4.31 Å². The van der Waals surface area contributed by atoms with E-state index >= 15 is 0 Å². The summed E-state index contributed by atoms with van der Waals surface area (Å²) < 4.78 is 2.17. The highest BCUT2D eigenvalue weighted by Crippen LogP contribution is 2.33. The van der Waals surface area contributed by atoms with E-state index in [2.05, 4.69) is 51.9 Å². The molecule has 0 amide bonds. The van der Waals surface area contributed by atoms with Crippen LogP contribution in [0, 0.1) is 5.92 Å². The van der Waals surface area contributed by atoms with Crippen molar-refractivity contribution in [2.75, 3.05) is 7.05 Å². The van der Waals surface area contributed by atoms with Gasteiger partial charge in [0.1, 0.15) is 0 Å². The van der Waals surface area contributed by atoms with Gasteiger partial charge in [0, 0.05) is 5.54 Å². The van der Waals surface area contributed by atoms with Gasteiger partial charge in [0.15, 0.2) is 0 Å². The third-order valence-corrected chi connectivity index (χ3v) is 3.73. The van der Waals surface area contributed by atoms with Crippen molar-refractivity contribution < 1.29 is 0 Å². The van der Waals surface area contributed by atoms with E-state index < -0.39 is 0 Å². The predicted molar refractivity (Wildman–Crippen MR) is 73.4 cm³/mol. The van der Waals surface area contributed by atoms with E-state index in [1.54, 1.807) is 0 Å². The Kier molecular flexibility index (Phi) is 7.72. The summed E-state index contributed by atoms with van der Waals surface area (Å²) in [5.41, 5.74) is 0.330. The molecular weight excluding hydrogens is 202 g/mol. The van der Waals surface area contributed by atoms with Crippen LogP contribution in [0.15, 0.2) is 0 Å². The number of rotatable bonds is 8. The van der Waals surface area contributed by atoms with Crippen LogP contribution in [0.25, 0.3) is 0 Å². The van der Waals surface area contributed by atoms with E-state index in [0.717, 1.165) is 5.92 Å². The summed E-state index contributed by atoms with van der Waals surface area (Å²) in [6, 6.07) is 0. The smallest absolute Gasteiger partial charge is 0.0308 e. The van der Waals surface area contributed by atoms with Crippen molar-refractivity contribution in [3.05, 3.63) is 0 Å². The highest BCUT2D eigenvalue weighted by Gasteiger charge is 2.31. The molecule has 0 saturated heterocycles. The Morgan fingerprint density at radius 1 is 1.07 bits per heavy atom. The quantitative estimate of drug-likeness (QED) is 0.600. The highest BCUT2D eigenvalue weighted by molar-refractivity contribution is 7.77. The number of nitrogens with zero attached hydrogens (tertiary/aromatic N) is 1. The number of thiol groups is 1. The van der Waals surface area contributed by atoms with Crippen molar-refractivity contribution in [3.63, 3.8) is 0 Å². The predicted octanol–water partition coefficient (Wildman–Crippen LogP) is 4.54. The summed E-state index contributed by atoms with van der Waals surface area (Å²) in [6.07, 6.45) is 7.64. The van der Waals surface area contributed by atoms with Crippen molar-refractivity contribution >= 4 is 12.8 Å². The van der Waals surface area contributed by atoms with Gasteiger partial charge in [0.25, 0.3) is 0 Å². The lowest BCUT2D eigenvalue weighted by Crippen LogP contribution is -2.41. The van der Waals surface area contributed by atoms with Crippen LogP contribution in [0.1, 0.15) is 66.2 Å². The van der Waals surface area contributed by atoms with Crippen molar-refractivity contribution in [1.82, 2.24) is 4.31 Å². The molecule has 0 aromatic heterocycles. The third-order valence-electron chi connectivity index (χ3n) is 3.30. The number of hydrogen-bond donors (Lipinski definition) is 1. The van der Waals surface area contributed by atoms with Gasteiger partial charge >= 0.3 is 0 Å². The zero-order valence-corrected chi connectivity index (χ0v) is 12.1. The number of hydrogen-bond acceptors (Lipinski definition) is 2.